The van der Waals surface area contributed by atoms with Crippen LogP contribution in [0.2, 0.25) is 10.0 Å². The van der Waals surface area contributed by atoms with Gasteiger partial charge >= 0.3 is 0 Å². The van der Waals surface area contributed by atoms with Crippen LogP contribution < -0.4 is 10.2 Å². The van der Waals surface area contributed by atoms with Crippen LogP contribution in [0.4, 0.5) is 11.4 Å². The van der Waals surface area contributed by atoms with Crippen molar-refractivity contribution in [3.05, 3.63) is 70.4 Å². The summed E-state index contributed by atoms with van der Waals surface area (Å²) in [5.74, 6) is 1.20. The number of nitrogens with zero attached hydrogens (tertiary/aromatic N) is 1. The Labute approximate surface area is 180 Å². The zero-order valence-corrected chi connectivity index (χ0v) is 17.6. The molecule has 0 spiro atoms. The molecule has 4 nitrogen and oxygen atoms in total. The molecule has 1 aromatic heterocycles. The fraction of sp³-hybridized carbons (Fsp3) is 0.261. The molecule has 6 heteroatoms. The molecule has 0 unspecified atom stereocenters. The summed E-state index contributed by atoms with van der Waals surface area (Å²) >= 11 is 12.2. The number of benzene rings is 2. The van der Waals surface area contributed by atoms with E-state index >= 15 is 0 Å². The van der Waals surface area contributed by atoms with Crippen LogP contribution in [0.1, 0.15) is 30.3 Å². The second kappa shape index (κ2) is 8.52. The van der Waals surface area contributed by atoms with Crippen LogP contribution in [-0.4, -0.2) is 19.0 Å². The number of piperidine rings is 1. The summed E-state index contributed by atoms with van der Waals surface area (Å²) in [6, 6.07) is 16.4. The first-order valence-electron chi connectivity index (χ1n) is 9.71. The SMILES string of the molecule is CC1CCN(c2ccc(NC(=O)c3ccc(-c4cc(Cl)ccc4Cl)o3)cc2)CC1. The maximum Gasteiger partial charge on any atom is 0.291 e. The number of carbonyl (C=O) groups is 1. The predicted molar refractivity (Wildman–Crippen MR) is 119 cm³/mol. The van der Waals surface area contributed by atoms with Crippen LogP contribution in [0.5, 0.6) is 0 Å². The summed E-state index contributed by atoms with van der Waals surface area (Å²) in [6.45, 7) is 4.46. The molecule has 2 aromatic carbocycles. The van der Waals surface area contributed by atoms with Gasteiger partial charge in [0.15, 0.2) is 5.76 Å². The van der Waals surface area contributed by atoms with Gasteiger partial charge in [0.05, 0.1) is 5.02 Å². The van der Waals surface area contributed by atoms with Gasteiger partial charge in [0.1, 0.15) is 5.76 Å². The van der Waals surface area contributed by atoms with Crippen LogP contribution in [0, 0.1) is 5.92 Å². The molecule has 1 N–H and O–H groups in total. The van der Waals surface area contributed by atoms with Crippen molar-refractivity contribution in [1.29, 1.82) is 0 Å². The van der Waals surface area contributed by atoms with E-state index in [1.54, 1.807) is 30.3 Å². The minimum Gasteiger partial charge on any atom is -0.451 e. The maximum absolute atomic E-state index is 12.6. The second-order valence-corrected chi connectivity index (χ2v) is 8.30. The highest BCUT2D eigenvalue weighted by molar-refractivity contribution is 6.35. The Morgan fingerprint density at radius 2 is 1.76 bits per heavy atom. The number of nitrogens with one attached hydrogen (secondary N) is 1. The lowest BCUT2D eigenvalue weighted by atomic mass is 9.99. The highest BCUT2D eigenvalue weighted by atomic mass is 35.5. The molecule has 3 aromatic rings. The highest BCUT2D eigenvalue weighted by Crippen LogP contribution is 2.32. The van der Waals surface area contributed by atoms with E-state index < -0.39 is 0 Å². The molecular formula is C23H22Cl2N2O2. The molecule has 1 fully saturated rings. The van der Waals surface area contributed by atoms with E-state index in [4.69, 9.17) is 27.6 Å². The molecule has 4 rings (SSSR count). The quantitative estimate of drug-likeness (QED) is 0.500. The van der Waals surface area contributed by atoms with Crippen LogP contribution in [0.15, 0.2) is 59.0 Å². The fourth-order valence-corrected chi connectivity index (χ4v) is 3.89. The topological polar surface area (TPSA) is 45.5 Å². The Hall–Kier alpha value is -2.43. The number of rotatable bonds is 4. The van der Waals surface area contributed by atoms with E-state index in [2.05, 4.69) is 17.1 Å². The van der Waals surface area contributed by atoms with Gasteiger partial charge in [-0.2, -0.15) is 0 Å². The van der Waals surface area contributed by atoms with E-state index in [9.17, 15) is 4.79 Å². The van der Waals surface area contributed by atoms with E-state index in [0.29, 0.717) is 21.4 Å². The fourth-order valence-electron chi connectivity index (χ4n) is 3.51. The first-order chi connectivity index (χ1) is 14.0. The van der Waals surface area contributed by atoms with E-state index in [1.807, 2.05) is 24.3 Å². The average Bonchev–Trinajstić information content (AvgIpc) is 3.21. The molecule has 1 saturated heterocycles. The third kappa shape index (κ3) is 4.60. The first kappa shape index (κ1) is 19.9. The first-order valence-corrected chi connectivity index (χ1v) is 10.5. The molecular weight excluding hydrogens is 407 g/mol. The summed E-state index contributed by atoms with van der Waals surface area (Å²) in [5, 5.41) is 3.94. The van der Waals surface area contributed by atoms with Gasteiger partial charge < -0.3 is 14.6 Å². The standard InChI is InChI=1S/C23H22Cl2N2O2/c1-15-10-12-27(13-11-15)18-5-3-17(4-6-18)26-23(28)22-9-8-21(29-22)19-14-16(24)2-7-20(19)25/h2-9,14-15H,10-13H2,1H3,(H,26,28). The van der Waals surface area contributed by atoms with Gasteiger partial charge in [0, 0.05) is 35.1 Å². The highest BCUT2D eigenvalue weighted by Gasteiger charge is 2.17. The van der Waals surface area contributed by atoms with Crippen molar-refractivity contribution in [1.82, 2.24) is 0 Å². The third-order valence-electron chi connectivity index (χ3n) is 5.30. The number of amides is 1. The lowest BCUT2D eigenvalue weighted by molar-refractivity contribution is 0.0997. The van der Waals surface area contributed by atoms with Gasteiger partial charge in [-0.25, -0.2) is 0 Å². The van der Waals surface area contributed by atoms with Gasteiger partial charge in [0.25, 0.3) is 5.91 Å². The Morgan fingerprint density at radius 1 is 1.03 bits per heavy atom. The normalized spacial score (nSPS) is 14.8. The summed E-state index contributed by atoms with van der Waals surface area (Å²) in [6.07, 6.45) is 2.44. The van der Waals surface area contributed by atoms with Crippen molar-refractivity contribution < 1.29 is 9.21 Å². The van der Waals surface area contributed by atoms with Gasteiger partial charge in [-0.3, -0.25) is 4.79 Å². The van der Waals surface area contributed by atoms with E-state index in [0.717, 1.165) is 24.7 Å². The molecule has 1 aliphatic rings. The minimum atomic E-state index is -0.311. The summed E-state index contributed by atoms with van der Waals surface area (Å²) in [7, 11) is 0. The van der Waals surface area contributed by atoms with Gasteiger partial charge in [-0.05, 0) is 73.4 Å². The van der Waals surface area contributed by atoms with Crippen molar-refractivity contribution in [2.75, 3.05) is 23.3 Å². The number of carbonyl (C=O) groups excluding carboxylic acids is 1. The molecule has 0 bridgehead atoms. The average molecular weight is 429 g/mol. The number of hydrogen-bond donors (Lipinski definition) is 1. The summed E-state index contributed by atoms with van der Waals surface area (Å²) in [4.78, 5) is 14.9. The second-order valence-electron chi connectivity index (χ2n) is 7.46. The smallest absolute Gasteiger partial charge is 0.291 e. The summed E-state index contributed by atoms with van der Waals surface area (Å²) < 4.78 is 5.71. The largest absolute Gasteiger partial charge is 0.451 e. The monoisotopic (exact) mass is 428 g/mol. The Morgan fingerprint density at radius 3 is 2.48 bits per heavy atom. The molecule has 0 saturated carbocycles. The van der Waals surface area contributed by atoms with Crippen molar-refractivity contribution in [2.24, 2.45) is 5.92 Å². The predicted octanol–water partition coefficient (Wildman–Crippen LogP) is 6.74. The van der Waals surface area contributed by atoms with Crippen molar-refractivity contribution in [2.45, 2.75) is 19.8 Å². The minimum absolute atomic E-state index is 0.213. The molecule has 0 radical (unpaired) electrons. The lowest BCUT2D eigenvalue weighted by Crippen LogP contribution is -2.32. The Balaban J connectivity index is 1.43. The zero-order valence-electron chi connectivity index (χ0n) is 16.1. The van der Waals surface area contributed by atoms with Crippen molar-refractivity contribution in [3.8, 4) is 11.3 Å². The number of anilines is 2. The molecule has 1 amide bonds. The van der Waals surface area contributed by atoms with Crippen molar-refractivity contribution in [3.63, 3.8) is 0 Å². The van der Waals surface area contributed by atoms with Crippen molar-refractivity contribution >= 4 is 40.5 Å². The Bertz CT molecular complexity index is 1010. The summed E-state index contributed by atoms with van der Waals surface area (Å²) in [5.41, 5.74) is 2.56. The van der Waals surface area contributed by atoms with E-state index in [1.165, 1.54) is 18.5 Å². The van der Waals surface area contributed by atoms with Crippen LogP contribution in [0.3, 0.4) is 0 Å². The number of halogens is 2. The van der Waals surface area contributed by atoms with E-state index in [-0.39, 0.29) is 11.7 Å². The van der Waals surface area contributed by atoms with Crippen LogP contribution >= 0.6 is 23.2 Å². The molecule has 0 aliphatic carbocycles. The zero-order chi connectivity index (χ0) is 20.4. The molecule has 2 heterocycles. The van der Waals surface area contributed by atoms with Crippen LogP contribution in [-0.2, 0) is 0 Å². The van der Waals surface area contributed by atoms with Crippen LogP contribution in [0.25, 0.3) is 11.3 Å². The molecule has 1 aliphatic heterocycles. The van der Waals surface area contributed by atoms with Gasteiger partial charge in [-0.1, -0.05) is 30.1 Å². The van der Waals surface area contributed by atoms with Gasteiger partial charge in [-0.15, -0.1) is 0 Å². The number of furan rings is 1. The molecule has 0 atom stereocenters. The third-order valence-corrected chi connectivity index (χ3v) is 5.86. The Kier molecular flexibility index (Phi) is 5.84. The number of hydrogen-bond acceptors (Lipinski definition) is 3. The maximum atomic E-state index is 12.6. The molecule has 29 heavy (non-hydrogen) atoms. The molecule has 150 valence electrons. The van der Waals surface area contributed by atoms with Gasteiger partial charge in [0.2, 0.25) is 0 Å². The lowest BCUT2D eigenvalue weighted by Gasteiger charge is -2.32.